The molecule has 0 bridgehead atoms. The molecule has 0 spiro atoms. The van der Waals surface area contributed by atoms with Crippen LogP contribution in [-0.4, -0.2) is 55.8 Å². The number of hydrogen-bond acceptors (Lipinski definition) is 7. The molecule has 3 aliphatic rings. The van der Waals surface area contributed by atoms with Crippen LogP contribution in [0.2, 0.25) is 0 Å². The first-order chi connectivity index (χ1) is 19.0. The van der Waals surface area contributed by atoms with Crippen molar-refractivity contribution in [3.63, 3.8) is 0 Å². The number of aromatic nitrogens is 3. The number of hydrogen-bond donors (Lipinski definition) is 2. The molecule has 2 atom stereocenters. The van der Waals surface area contributed by atoms with Crippen molar-refractivity contribution >= 4 is 29.2 Å². The number of carbonyl (C=O) groups excluding carboxylic acids is 1. The fourth-order valence-corrected chi connectivity index (χ4v) is 5.91. The summed E-state index contributed by atoms with van der Waals surface area (Å²) in [6.07, 6.45) is 3.15. The van der Waals surface area contributed by atoms with E-state index in [0.29, 0.717) is 35.4 Å². The van der Waals surface area contributed by atoms with Crippen molar-refractivity contribution in [3.8, 4) is 17.0 Å². The van der Waals surface area contributed by atoms with E-state index >= 15 is 0 Å². The maximum absolute atomic E-state index is 13.7. The fourth-order valence-electron chi connectivity index (χ4n) is 5.91. The highest BCUT2D eigenvalue weighted by Gasteiger charge is 2.49. The predicted octanol–water partition coefficient (Wildman–Crippen LogP) is 4.93. The lowest BCUT2D eigenvalue weighted by Crippen LogP contribution is -2.51. The molecule has 196 valence electrons. The van der Waals surface area contributed by atoms with Crippen molar-refractivity contribution in [3.05, 3.63) is 83.6 Å². The van der Waals surface area contributed by atoms with E-state index in [-0.39, 0.29) is 23.7 Å². The Balaban J connectivity index is 1.30. The summed E-state index contributed by atoms with van der Waals surface area (Å²) >= 11 is 0. The first-order valence-electron chi connectivity index (χ1n) is 13.3. The van der Waals surface area contributed by atoms with Crippen LogP contribution in [0.15, 0.2) is 71.7 Å². The van der Waals surface area contributed by atoms with Gasteiger partial charge in [-0.15, -0.1) is 0 Å². The number of benzene rings is 2. The third-order valence-electron chi connectivity index (χ3n) is 7.88. The van der Waals surface area contributed by atoms with E-state index in [1.165, 1.54) is 0 Å². The smallest absolute Gasteiger partial charge is 0.267 e. The summed E-state index contributed by atoms with van der Waals surface area (Å²) in [5.41, 5.74) is 4.98. The highest BCUT2D eigenvalue weighted by atomic mass is 16.3. The molecule has 2 aliphatic heterocycles. The number of rotatable bonds is 5. The maximum Gasteiger partial charge on any atom is 0.267 e. The number of aliphatic imine (C=N–C) groups is 1. The number of para-hydroxylation sites is 2. The van der Waals surface area contributed by atoms with Gasteiger partial charge in [0.05, 0.1) is 30.0 Å². The van der Waals surface area contributed by atoms with Gasteiger partial charge < -0.3 is 10.4 Å². The molecule has 1 amide bonds. The molecule has 2 aromatic carbocycles. The number of nitrogens with one attached hydrogen (secondary N) is 1. The summed E-state index contributed by atoms with van der Waals surface area (Å²) < 4.78 is 1.83. The Hall–Kier alpha value is -4.66. The zero-order chi connectivity index (χ0) is 26.7. The van der Waals surface area contributed by atoms with Gasteiger partial charge in [-0.2, -0.15) is 5.10 Å². The molecule has 7 rings (SSSR count). The van der Waals surface area contributed by atoms with Gasteiger partial charge in [-0.25, -0.2) is 9.67 Å². The third-order valence-corrected chi connectivity index (χ3v) is 7.88. The molecule has 0 saturated heterocycles. The minimum absolute atomic E-state index is 0.102. The van der Waals surface area contributed by atoms with Crippen LogP contribution in [0.3, 0.4) is 0 Å². The lowest BCUT2D eigenvalue weighted by Gasteiger charge is -2.34. The van der Waals surface area contributed by atoms with Gasteiger partial charge in [0.1, 0.15) is 17.1 Å². The number of fused-ring (bicyclic) bond motifs is 5. The van der Waals surface area contributed by atoms with Gasteiger partial charge in [0.15, 0.2) is 5.82 Å². The van der Waals surface area contributed by atoms with Gasteiger partial charge in [-0.05, 0) is 56.0 Å². The van der Waals surface area contributed by atoms with Crippen LogP contribution in [-0.2, 0) is 6.54 Å². The van der Waals surface area contributed by atoms with Crippen LogP contribution in [0, 0.1) is 6.92 Å². The van der Waals surface area contributed by atoms with Gasteiger partial charge in [0.2, 0.25) is 5.96 Å². The highest BCUT2D eigenvalue weighted by Crippen LogP contribution is 2.43. The number of guanidine groups is 1. The second kappa shape index (κ2) is 8.97. The molecule has 2 N–H and O–H groups in total. The average molecular weight is 520 g/mol. The van der Waals surface area contributed by atoms with Crippen molar-refractivity contribution in [2.24, 2.45) is 4.99 Å². The molecule has 2 aromatic heterocycles. The summed E-state index contributed by atoms with van der Waals surface area (Å²) in [5, 5.41) is 18.9. The second-order valence-electron chi connectivity index (χ2n) is 10.4. The lowest BCUT2D eigenvalue weighted by molar-refractivity contribution is 0.0866. The van der Waals surface area contributed by atoms with Crippen LogP contribution < -0.4 is 10.2 Å². The lowest BCUT2D eigenvalue weighted by atomic mass is 10.1. The molecular formula is C30H29N7O2. The number of aromatic hydroxyl groups is 1. The molecule has 1 aliphatic carbocycles. The Bertz CT molecular complexity index is 1620. The van der Waals surface area contributed by atoms with Crippen LogP contribution in [0.1, 0.15) is 40.9 Å². The molecule has 1 saturated carbocycles. The first kappa shape index (κ1) is 23.5. The normalized spacial score (nSPS) is 19.5. The summed E-state index contributed by atoms with van der Waals surface area (Å²) in [7, 11) is 1.78. The Morgan fingerprint density at radius 1 is 1.03 bits per heavy atom. The number of carbonyl (C=O) groups is 1. The minimum Gasteiger partial charge on any atom is -0.506 e. The zero-order valence-corrected chi connectivity index (χ0v) is 21.9. The van der Waals surface area contributed by atoms with E-state index in [9.17, 15) is 9.90 Å². The largest absolute Gasteiger partial charge is 0.506 e. The standard InChI is InChI=1S/C30H29N7O2/c1-18-7-5-9-21(31-18)20-15-13-19(14-16-20)17-36-27(32-23-8-3-4-12-25(23)38)26-28(34-36)37-24-11-6-10-22(24)33-30(37)35(2)29(26)39/h3-5,7-9,12-16,22,24,32,38H,6,10-11,17H2,1-2H3/t22-,24+/m1/s1. The number of phenols is 1. The number of pyridine rings is 1. The number of nitrogens with zero attached hydrogens (tertiary/aromatic N) is 6. The van der Waals surface area contributed by atoms with E-state index in [1.54, 1.807) is 30.1 Å². The predicted molar refractivity (Wildman–Crippen MR) is 151 cm³/mol. The zero-order valence-electron chi connectivity index (χ0n) is 21.9. The van der Waals surface area contributed by atoms with Crippen LogP contribution in [0.25, 0.3) is 11.3 Å². The number of amides is 1. The number of aryl methyl sites for hydroxylation is 1. The van der Waals surface area contributed by atoms with E-state index in [0.717, 1.165) is 41.8 Å². The number of anilines is 3. The first-order valence-corrected chi connectivity index (χ1v) is 13.3. The van der Waals surface area contributed by atoms with Crippen molar-refractivity contribution in [1.29, 1.82) is 0 Å². The highest BCUT2D eigenvalue weighted by molar-refractivity contribution is 6.21. The Morgan fingerprint density at radius 3 is 2.64 bits per heavy atom. The quantitative estimate of drug-likeness (QED) is 0.363. The molecule has 0 radical (unpaired) electrons. The van der Waals surface area contributed by atoms with Crippen molar-refractivity contribution in [1.82, 2.24) is 19.7 Å². The van der Waals surface area contributed by atoms with Gasteiger partial charge in [-0.1, -0.05) is 42.5 Å². The minimum atomic E-state index is -0.162. The van der Waals surface area contributed by atoms with E-state index in [2.05, 4.69) is 39.5 Å². The van der Waals surface area contributed by atoms with E-state index in [1.807, 2.05) is 35.9 Å². The molecular weight excluding hydrogens is 490 g/mol. The van der Waals surface area contributed by atoms with Crippen molar-refractivity contribution in [2.75, 3.05) is 17.3 Å². The Morgan fingerprint density at radius 2 is 1.85 bits per heavy atom. The second-order valence-corrected chi connectivity index (χ2v) is 10.4. The average Bonchev–Trinajstić information content (AvgIpc) is 3.63. The molecule has 4 aromatic rings. The molecule has 9 nitrogen and oxygen atoms in total. The van der Waals surface area contributed by atoms with E-state index < -0.39 is 0 Å². The van der Waals surface area contributed by atoms with Gasteiger partial charge in [0, 0.05) is 18.3 Å². The van der Waals surface area contributed by atoms with Gasteiger partial charge in [0.25, 0.3) is 5.91 Å². The van der Waals surface area contributed by atoms with Crippen LogP contribution >= 0.6 is 0 Å². The molecule has 0 unspecified atom stereocenters. The molecule has 1 fully saturated rings. The summed E-state index contributed by atoms with van der Waals surface area (Å²) in [5.74, 6) is 1.80. The summed E-state index contributed by atoms with van der Waals surface area (Å²) in [6, 6.07) is 21.7. The van der Waals surface area contributed by atoms with Crippen LogP contribution in [0.5, 0.6) is 5.75 Å². The van der Waals surface area contributed by atoms with Crippen molar-refractivity contribution < 1.29 is 9.90 Å². The monoisotopic (exact) mass is 519 g/mol. The maximum atomic E-state index is 13.7. The van der Waals surface area contributed by atoms with Crippen LogP contribution in [0.4, 0.5) is 17.3 Å². The molecule has 9 heteroatoms. The fraction of sp³-hybridized carbons (Fsp3) is 0.267. The Kier molecular flexibility index (Phi) is 5.40. The Labute approximate surface area is 226 Å². The summed E-state index contributed by atoms with van der Waals surface area (Å²) in [4.78, 5) is 27.0. The van der Waals surface area contributed by atoms with Gasteiger partial charge in [-0.3, -0.25) is 19.6 Å². The molecule has 4 heterocycles. The topological polar surface area (TPSA) is 98.9 Å². The third kappa shape index (κ3) is 3.84. The number of phenolic OH excluding ortho intramolecular Hbond substituents is 1. The van der Waals surface area contributed by atoms with Gasteiger partial charge >= 0.3 is 0 Å². The van der Waals surface area contributed by atoms with E-state index in [4.69, 9.17) is 10.1 Å². The van der Waals surface area contributed by atoms with Crippen molar-refractivity contribution in [2.45, 2.75) is 44.8 Å². The SMILES string of the molecule is Cc1cccc(-c2ccc(Cn3nc4c(c3Nc3ccccc3O)C(=O)N(C)C3=N[C@@H]5CCC[C@@H]5N34)cc2)n1. The summed E-state index contributed by atoms with van der Waals surface area (Å²) in [6.45, 7) is 2.43. The molecule has 39 heavy (non-hydrogen) atoms.